The van der Waals surface area contributed by atoms with E-state index in [9.17, 15) is 35.9 Å². The monoisotopic (exact) mass is 610 g/mol. The summed E-state index contributed by atoms with van der Waals surface area (Å²) in [6.45, 7) is 0.297. The third-order valence-electron chi connectivity index (χ3n) is 5.81. The summed E-state index contributed by atoms with van der Waals surface area (Å²) < 4.78 is 78.9. The van der Waals surface area contributed by atoms with E-state index in [4.69, 9.17) is 11.6 Å². The number of benzene rings is 2. The molecule has 0 radical (unpaired) electrons. The van der Waals surface area contributed by atoms with E-state index >= 15 is 0 Å². The number of aryl methyl sites for hydroxylation is 1. The van der Waals surface area contributed by atoms with Gasteiger partial charge in [0, 0.05) is 9.50 Å². The Labute approximate surface area is 222 Å². The van der Waals surface area contributed by atoms with E-state index in [1.165, 1.54) is 36.4 Å². The molecule has 1 atom stereocenters. The van der Waals surface area contributed by atoms with E-state index in [1.54, 1.807) is 11.4 Å². The van der Waals surface area contributed by atoms with Crippen molar-refractivity contribution in [2.75, 3.05) is 6.54 Å². The van der Waals surface area contributed by atoms with Gasteiger partial charge in [0.25, 0.3) is 5.91 Å². The van der Waals surface area contributed by atoms with Gasteiger partial charge in [0.15, 0.2) is 0 Å². The summed E-state index contributed by atoms with van der Waals surface area (Å²) >= 11 is 9.21. The number of carbonyl (C=O) groups is 2. The van der Waals surface area contributed by atoms with Crippen molar-refractivity contribution in [2.24, 2.45) is 0 Å². The highest BCUT2D eigenvalue weighted by molar-refractivity contribution is 9.10. The van der Waals surface area contributed by atoms with E-state index in [-0.39, 0.29) is 33.5 Å². The molecule has 37 heavy (non-hydrogen) atoms. The number of hydrogen-bond donors (Lipinski definition) is 2. The molecular formula is C25H22BrClF6N2O2. The molecule has 2 aromatic rings. The first-order valence-corrected chi connectivity index (χ1v) is 12.3. The Kier molecular flexibility index (Phi) is 8.68. The molecule has 2 aromatic carbocycles. The number of allylic oxidation sites excluding steroid dienone is 1. The fourth-order valence-electron chi connectivity index (χ4n) is 3.66. The van der Waals surface area contributed by atoms with Crippen LogP contribution in [0.2, 0.25) is 5.02 Å². The van der Waals surface area contributed by atoms with Crippen LogP contribution in [-0.4, -0.2) is 36.3 Å². The largest absolute Gasteiger partial charge is 0.405 e. The average Bonchev–Trinajstić information content (AvgIpc) is 3.56. The molecule has 4 nitrogen and oxygen atoms in total. The van der Waals surface area contributed by atoms with Crippen molar-refractivity contribution < 1.29 is 35.9 Å². The molecule has 1 saturated carbocycles. The van der Waals surface area contributed by atoms with Gasteiger partial charge < -0.3 is 10.6 Å². The maximum atomic E-state index is 13.8. The first-order valence-electron chi connectivity index (χ1n) is 11.1. The zero-order valence-electron chi connectivity index (χ0n) is 19.4. The first kappa shape index (κ1) is 29.0. The highest BCUT2D eigenvalue weighted by Gasteiger charge is 2.52. The van der Waals surface area contributed by atoms with Crippen LogP contribution in [-0.2, 0) is 11.2 Å². The minimum Gasteiger partial charge on any atom is -0.345 e. The van der Waals surface area contributed by atoms with Crippen LogP contribution in [0.5, 0.6) is 0 Å². The number of halogens is 8. The number of amides is 2. The van der Waals surface area contributed by atoms with Gasteiger partial charge in [-0.2, -0.15) is 26.3 Å². The minimum absolute atomic E-state index is 0.00157. The number of carbonyl (C=O) groups excluding carboxylic acids is 2. The second-order valence-corrected chi connectivity index (χ2v) is 9.99. The summed E-state index contributed by atoms with van der Waals surface area (Å²) in [5, 5.41) is 4.43. The lowest BCUT2D eigenvalue weighted by Gasteiger charge is -2.19. The zero-order valence-corrected chi connectivity index (χ0v) is 21.7. The summed E-state index contributed by atoms with van der Waals surface area (Å²) in [7, 11) is 0. The standard InChI is InChI=1S/C25H22BrClF6N2O2/c1-2-14-9-16(12-17(27)10-14)19(25(31,32)33)6-4-15-3-5-18(20(26)11-15)21(36)35-23(7-8-23)22(37)34-13-24(28,29)30/h3-6,9-12,19H,2,7-8,13H2,1H3,(H,34,37)(H,35,36)/b6-4+. The molecule has 1 aliphatic carbocycles. The number of rotatable bonds is 8. The first-order chi connectivity index (χ1) is 17.1. The second kappa shape index (κ2) is 11.1. The van der Waals surface area contributed by atoms with Crippen LogP contribution < -0.4 is 10.6 Å². The third kappa shape index (κ3) is 7.73. The van der Waals surface area contributed by atoms with Crippen molar-refractivity contribution in [1.82, 2.24) is 10.6 Å². The molecule has 0 aromatic heterocycles. The Balaban J connectivity index is 1.76. The smallest absolute Gasteiger partial charge is 0.345 e. The van der Waals surface area contributed by atoms with Gasteiger partial charge in [0.1, 0.15) is 12.1 Å². The van der Waals surface area contributed by atoms with Crippen molar-refractivity contribution in [2.45, 2.75) is 50.0 Å². The molecule has 2 N–H and O–H groups in total. The van der Waals surface area contributed by atoms with Crippen molar-refractivity contribution in [3.63, 3.8) is 0 Å². The van der Waals surface area contributed by atoms with Crippen LogP contribution in [0.15, 0.2) is 46.9 Å². The van der Waals surface area contributed by atoms with Crippen molar-refractivity contribution in [3.05, 3.63) is 74.2 Å². The Morgan fingerprint density at radius 3 is 2.32 bits per heavy atom. The van der Waals surface area contributed by atoms with E-state index in [0.717, 1.165) is 6.08 Å². The topological polar surface area (TPSA) is 58.2 Å². The van der Waals surface area contributed by atoms with E-state index in [1.807, 2.05) is 6.92 Å². The molecule has 0 spiro atoms. The molecule has 0 bridgehead atoms. The maximum absolute atomic E-state index is 13.8. The van der Waals surface area contributed by atoms with Gasteiger partial charge in [0.05, 0.1) is 11.5 Å². The Hall–Kier alpha value is -2.53. The fourth-order valence-corrected chi connectivity index (χ4v) is 4.51. The summed E-state index contributed by atoms with van der Waals surface area (Å²) in [6.07, 6.45) is -6.01. The van der Waals surface area contributed by atoms with Crippen LogP contribution in [0.1, 0.15) is 52.7 Å². The fraction of sp³-hybridized carbons (Fsp3) is 0.360. The number of nitrogens with one attached hydrogen (secondary N) is 2. The highest BCUT2D eigenvalue weighted by Crippen LogP contribution is 2.39. The molecular weight excluding hydrogens is 590 g/mol. The molecule has 0 saturated heterocycles. The van der Waals surface area contributed by atoms with Crippen LogP contribution in [0.4, 0.5) is 26.3 Å². The summed E-state index contributed by atoms with van der Waals surface area (Å²) in [4.78, 5) is 24.8. The highest BCUT2D eigenvalue weighted by atomic mass is 79.9. The van der Waals surface area contributed by atoms with Gasteiger partial charge in [-0.25, -0.2) is 0 Å². The molecule has 200 valence electrons. The van der Waals surface area contributed by atoms with E-state index in [2.05, 4.69) is 21.2 Å². The number of alkyl halides is 6. The molecule has 0 heterocycles. The van der Waals surface area contributed by atoms with Gasteiger partial charge >= 0.3 is 12.4 Å². The third-order valence-corrected chi connectivity index (χ3v) is 6.68. The quantitative estimate of drug-likeness (QED) is 0.317. The Bertz CT molecular complexity index is 1210. The summed E-state index contributed by atoms with van der Waals surface area (Å²) in [5.41, 5.74) is -0.319. The van der Waals surface area contributed by atoms with Crippen LogP contribution in [0.25, 0.3) is 6.08 Å². The normalized spacial score (nSPS) is 15.9. The molecule has 1 fully saturated rings. The lowest BCUT2D eigenvalue weighted by molar-refractivity contribution is -0.140. The predicted octanol–water partition coefficient (Wildman–Crippen LogP) is 6.97. The van der Waals surface area contributed by atoms with E-state index < -0.39 is 42.2 Å². The Morgan fingerprint density at radius 2 is 1.78 bits per heavy atom. The van der Waals surface area contributed by atoms with Crippen LogP contribution in [0, 0.1) is 0 Å². The lowest BCUT2D eigenvalue weighted by Crippen LogP contribution is -2.50. The van der Waals surface area contributed by atoms with Gasteiger partial charge in [-0.05, 0) is 76.1 Å². The van der Waals surface area contributed by atoms with Crippen molar-refractivity contribution in [1.29, 1.82) is 0 Å². The summed E-state index contributed by atoms with van der Waals surface area (Å²) in [6, 6.07) is 8.52. The van der Waals surface area contributed by atoms with Crippen molar-refractivity contribution in [3.8, 4) is 0 Å². The van der Waals surface area contributed by atoms with Gasteiger partial charge in [-0.15, -0.1) is 0 Å². The minimum atomic E-state index is -4.59. The predicted molar refractivity (Wildman–Crippen MR) is 131 cm³/mol. The van der Waals surface area contributed by atoms with Crippen LogP contribution in [0.3, 0.4) is 0 Å². The maximum Gasteiger partial charge on any atom is 0.405 e. The molecule has 1 unspecified atom stereocenters. The number of hydrogen-bond acceptors (Lipinski definition) is 2. The average molecular weight is 612 g/mol. The molecule has 3 rings (SSSR count). The molecule has 0 aliphatic heterocycles. The zero-order chi connectivity index (χ0) is 27.6. The summed E-state index contributed by atoms with van der Waals surface area (Å²) in [5.74, 6) is -3.55. The second-order valence-electron chi connectivity index (χ2n) is 8.70. The Morgan fingerprint density at radius 1 is 1.11 bits per heavy atom. The molecule has 1 aliphatic rings. The molecule has 2 amide bonds. The van der Waals surface area contributed by atoms with Gasteiger partial charge in [-0.3, -0.25) is 9.59 Å². The lowest BCUT2D eigenvalue weighted by atomic mass is 9.94. The molecule has 12 heteroatoms. The van der Waals surface area contributed by atoms with Gasteiger partial charge in [-0.1, -0.05) is 42.8 Å². The van der Waals surface area contributed by atoms with Crippen LogP contribution >= 0.6 is 27.5 Å². The van der Waals surface area contributed by atoms with Gasteiger partial charge in [0.2, 0.25) is 5.91 Å². The SMILES string of the molecule is CCc1cc(Cl)cc(C(/C=C/c2ccc(C(=O)NC3(C(=O)NCC(F)(F)F)CC3)c(Br)c2)C(F)(F)F)c1. The van der Waals surface area contributed by atoms with E-state index in [0.29, 0.717) is 17.5 Å². The van der Waals surface area contributed by atoms with Crippen molar-refractivity contribution >= 4 is 45.4 Å².